The number of hydrogen-bond acceptors (Lipinski definition) is 5. The fourth-order valence-corrected chi connectivity index (χ4v) is 2.57. The van der Waals surface area contributed by atoms with Gasteiger partial charge in [0.05, 0.1) is 13.4 Å². The van der Waals surface area contributed by atoms with Crippen LogP contribution in [0.4, 0.5) is 0 Å². The molecule has 1 N–H and O–H groups in total. The van der Waals surface area contributed by atoms with Crippen molar-refractivity contribution in [3.63, 3.8) is 0 Å². The Hall–Kier alpha value is -3.02. The minimum absolute atomic E-state index is 0.281. The Labute approximate surface area is 139 Å². The number of aryl methyl sites for hydroxylation is 1. The van der Waals surface area contributed by atoms with Gasteiger partial charge in [-0.2, -0.15) is 0 Å². The number of methoxy groups -OCH3 is 1. The fraction of sp³-hybridized carbons (Fsp3) is 0.222. The highest BCUT2D eigenvalue weighted by atomic mass is 16.5. The summed E-state index contributed by atoms with van der Waals surface area (Å²) in [6.07, 6.45) is 3.43. The summed E-state index contributed by atoms with van der Waals surface area (Å²) < 4.78 is 16.2. The van der Waals surface area contributed by atoms with Crippen molar-refractivity contribution in [2.24, 2.45) is 0 Å². The monoisotopic (exact) mass is 326 g/mol. The molecule has 2 aromatic heterocycles. The molecule has 1 amide bonds. The van der Waals surface area contributed by atoms with E-state index in [4.69, 9.17) is 13.6 Å². The lowest BCUT2D eigenvalue weighted by atomic mass is 10.0. The van der Waals surface area contributed by atoms with Crippen LogP contribution in [0.1, 0.15) is 40.5 Å². The average Bonchev–Trinajstić information content (AvgIpc) is 3.30. The van der Waals surface area contributed by atoms with Crippen LogP contribution in [0, 0.1) is 0 Å². The van der Waals surface area contributed by atoms with Crippen molar-refractivity contribution >= 4 is 5.91 Å². The molecule has 1 aromatic carbocycles. The van der Waals surface area contributed by atoms with Crippen molar-refractivity contribution in [1.82, 2.24) is 10.3 Å². The molecule has 0 aliphatic heterocycles. The van der Waals surface area contributed by atoms with Gasteiger partial charge in [-0.05, 0) is 18.2 Å². The molecule has 0 aliphatic carbocycles. The molecule has 0 bridgehead atoms. The number of benzene rings is 1. The SMILES string of the molecule is CCc1ocnc1C(=O)NC(c1ccco1)c1ccccc1OC. The standard InChI is InChI=1S/C18H18N2O4/c1-3-13-17(19-11-24-13)18(21)20-16(15-9-6-10-23-15)12-7-4-5-8-14(12)22-2/h4-11,16H,3H2,1-2H3,(H,20,21). The Morgan fingerprint density at radius 2 is 2.08 bits per heavy atom. The lowest BCUT2D eigenvalue weighted by Crippen LogP contribution is -2.30. The number of carbonyl (C=O) groups excluding carboxylic acids is 1. The highest BCUT2D eigenvalue weighted by Gasteiger charge is 2.25. The van der Waals surface area contributed by atoms with Crippen LogP contribution >= 0.6 is 0 Å². The van der Waals surface area contributed by atoms with Crippen LogP contribution in [0.25, 0.3) is 0 Å². The van der Waals surface area contributed by atoms with E-state index in [1.54, 1.807) is 25.5 Å². The van der Waals surface area contributed by atoms with Crippen molar-refractivity contribution in [2.45, 2.75) is 19.4 Å². The van der Waals surface area contributed by atoms with Gasteiger partial charge in [-0.3, -0.25) is 4.79 Å². The van der Waals surface area contributed by atoms with E-state index in [2.05, 4.69) is 10.3 Å². The summed E-state index contributed by atoms with van der Waals surface area (Å²) in [6.45, 7) is 1.90. The quantitative estimate of drug-likeness (QED) is 0.751. The molecule has 0 saturated carbocycles. The number of oxazole rings is 1. The number of hydrogen-bond donors (Lipinski definition) is 1. The van der Waals surface area contributed by atoms with Gasteiger partial charge < -0.3 is 18.9 Å². The third-order valence-corrected chi connectivity index (χ3v) is 3.73. The molecular weight excluding hydrogens is 308 g/mol. The Kier molecular flexibility index (Phi) is 4.65. The predicted molar refractivity (Wildman–Crippen MR) is 86.9 cm³/mol. The average molecular weight is 326 g/mol. The van der Waals surface area contributed by atoms with Crippen LogP contribution in [0.5, 0.6) is 5.75 Å². The van der Waals surface area contributed by atoms with Gasteiger partial charge in [0, 0.05) is 12.0 Å². The molecule has 0 spiro atoms. The van der Waals surface area contributed by atoms with Gasteiger partial charge in [-0.15, -0.1) is 0 Å². The van der Waals surface area contributed by atoms with E-state index >= 15 is 0 Å². The van der Waals surface area contributed by atoms with Gasteiger partial charge in [0.2, 0.25) is 0 Å². The van der Waals surface area contributed by atoms with Crippen molar-refractivity contribution < 1.29 is 18.4 Å². The largest absolute Gasteiger partial charge is 0.496 e. The third kappa shape index (κ3) is 3.03. The maximum absolute atomic E-state index is 12.6. The number of aromatic nitrogens is 1. The zero-order valence-electron chi connectivity index (χ0n) is 13.5. The maximum atomic E-state index is 12.6. The highest BCUT2D eigenvalue weighted by Crippen LogP contribution is 2.30. The normalized spacial score (nSPS) is 11.9. The molecule has 0 fully saturated rings. The molecule has 1 unspecified atom stereocenters. The summed E-state index contributed by atoms with van der Waals surface area (Å²) in [6, 6.07) is 10.6. The first-order chi connectivity index (χ1) is 11.7. The first-order valence-corrected chi connectivity index (χ1v) is 7.64. The summed E-state index contributed by atoms with van der Waals surface area (Å²) >= 11 is 0. The van der Waals surface area contributed by atoms with Gasteiger partial charge >= 0.3 is 0 Å². The lowest BCUT2D eigenvalue weighted by molar-refractivity contribution is 0.0932. The number of furan rings is 1. The minimum Gasteiger partial charge on any atom is -0.496 e. The Balaban J connectivity index is 1.96. The van der Waals surface area contributed by atoms with E-state index < -0.39 is 6.04 Å². The van der Waals surface area contributed by atoms with Crippen molar-refractivity contribution in [3.05, 3.63) is 71.8 Å². The second kappa shape index (κ2) is 7.04. The molecule has 3 rings (SSSR count). The van der Waals surface area contributed by atoms with Gasteiger partial charge in [-0.1, -0.05) is 25.1 Å². The Bertz CT molecular complexity index is 808. The molecule has 2 heterocycles. The van der Waals surface area contributed by atoms with Crippen molar-refractivity contribution in [3.8, 4) is 5.75 Å². The first kappa shape index (κ1) is 15.9. The number of para-hydroxylation sites is 1. The number of carbonyl (C=O) groups is 1. The van der Waals surface area contributed by atoms with Crippen LogP contribution < -0.4 is 10.1 Å². The summed E-state index contributed by atoms with van der Waals surface area (Å²) in [4.78, 5) is 16.7. The van der Waals surface area contributed by atoms with Crippen molar-refractivity contribution in [1.29, 1.82) is 0 Å². The summed E-state index contributed by atoms with van der Waals surface area (Å²) in [5.41, 5.74) is 1.08. The van der Waals surface area contributed by atoms with E-state index in [-0.39, 0.29) is 11.6 Å². The summed E-state index contributed by atoms with van der Waals surface area (Å²) in [7, 11) is 1.59. The molecule has 0 saturated heterocycles. The van der Waals surface area contributed by atoms with Crippen LogP contribution in [-0.2, 0) is 6.42 Å². The smallest absolute Gasteiger partial charge is 0.274 e. The van der Waals surface area contributed by atoms with Gasteiger partial charge in [0.15, 0.2) is 12.1 Å². The molecule has 1 atom stereocenters. The fourth-order valence-electron chi connectivity index (χ4n) is 2.57. The van der Waals surface area contributed by atoms with E-state index in [9.17, 15) is 4.79 Å². The zero-order valence-corrected chi connectivity index (χ0v) is 13.5. The molecule has 3 aromatic rings. The van der Waals surface area contributed by atoms with Gasteiger partial charge in [-0.25, -0.2) is 4.98 Å². The van der Waals surface area contributed by atoms with Crippen LogP contribution in [-0.4, -0.2) is 18.0 Å². The minimum atomic E-state index is -0.495. The van der Waals surface area contributed by atoms with Crippen LogP contribution in [0.3, 0.4) is 0 Å². The van der Waals surface area contributed by atoms with Gasteiger partial charge in [0.1, 0.15) is 23.3 Å². The number of rotatable bonds is 6. The maximum Gasteiger partial charge on any atom is 0.274 e. The molecule has 6 heteroatoms. The van der Waals surface area contributed by atoms with E-state index in [0.717, 1.165) is 5.56 Å². The number of nitrogens with zero attached hydrogens (tertiary/aromatic N) is 1. The molecule has 0 radical (unpaired) electrons. The van der Waals surface area contributed by atoms with E-state index in [1.165, 1.54) is 6.39 Å². The summed E-state index contributed by atoms with van der Waals surface area (Å²) in [5, 5.41) is 2.95. The first-order valence-electron chi connectivity index (χ1n) is 7.64. The Morgan fingerprint density at radius 1 is 1.25 bits per heavy atom. The predicted octanol–water partition coefficient (Wildman–Crippen LogP) is 3.36. The highest BCUT2D eigenvalue weighted by molar-refractivity contribution is 5.93. The lowest BCUT2D eigenvalue weighted by Gasteiger charge is -2.19. The van der Waals surface area contributed by atoms with Crippen LogP contribution in [0.2, 0.25) is 0 Å². The molecular formula is C18H18N2O4. The zero-order chi connectivity index (χ0) is 16.9. The third-order valence-electron chi connectivity index (χ3n) is 3.73. The second-order valence-corrected chi connectivity index (χ2v) is 5.14. The topological polar surface area (TPSA) is 77.5 Å². The van der Waals surface area contributed by atoms with Crippen LogP contribution in [0.15, 0.2) is 57.9 Å². The Morgan fingerprint density at radius 3 is 2.79 bits per heavy atom. The summed E-state index contributed by atoms with van der Waals surface area (Å²) in [5.74, 6) is 1.49. The van der Waals surface area contributed by atoms with Crippen molar-refractivity contribution in [2.75, 3.05) is 7.11 Å². The number of ether oxygens (including phenoxy) is 1. The molecule has 0 aliphatic rings. The second-order valence-electron chi connectivity index (χ2n) is 5.14. The van der Waals surface area contributed by atoms with E-state index in [1.807, 2.05) is 31.2 Å². The molecule has 24 heavy (non-hydrogen) atoms. The van der Waals surface area contributed by atoms with Gasteiger partial charge in [0.25, 0.3) is 5.91 Å². The molecule has 124 valence electrons. The number of amides is 1. The number of nitrogens with one attached hydrogen (secondary N) is 1. The van der Waals surface area contributed by atoms with E-state index in [0.29, 0.717) is 23.7 Å². The molecule has 6 nitrogen and oxygen atoms in total.